The smallest absolute Gasteiger partial charge is 0.256 e. The number of anilines is 1. The van der Waals surface area contributed by atoms with E-state index in [1.807, 2.05) is 25.1 Å². The Morgan fingerprint density at radius 1 is 1.56 bits per heavy atom. The second kappa shape index (κ2) is 5.82. The SMILES string of the molecule is Cc1cc(N2CCOC(CCO)C2=O)ccc1Br. The highest BCUT2D eigenvalue weighted by molar-refractivity contribution is 9.10. The molecule has 4 nitrogen and oxygen atoms in total. The maximum absolute atomic E-state index is 12.2. The standard InChI is InChI=1S/C13H16BrNO3/c1-9-8-10(2-3-11(9)14)15-5-7-18-12(4-6-16)13(15)17/h2-3,8,12,16H,4-7H2,1H3. The molecule has 0 aromatic heterocycles. The van der Waals surface area contributed by atoms with E-state index < -0.39 is 6.10 Å². The van der Waals surface area contributed by atoms with Crippen LogP contribution in [0.15, 0.2) is 22.7 Å². The molecular weight excluding hydrogens is 298 g/mol. The molecule has 1 heterocycles. The first-order valence-electron chi connectivity index (χ1n) is 5.93. The number of aryl methyl sites for hydroxylation is 1. The van der Waals surface area contributed by atoms with E-state index in [0.717, 1.165) is 15.7 Å². The molecule has 0 saturated carbocycles. The average molecular weight is 314 g/mol. The summed E-state index contributed by atoms with van der Waals surface area (Å²) in [6, 6.07) is 5.83. The lowest BCUT2D eigenvalue weighted by molar-refractivity contribution is -0.134. The van der Waals surface area contributed by atoms with Crippen LogP contribution in [0.3, 0.4) is 0 Å². The number of rotatable bonds is 3. The van der Waals surface area contributed by atoms with Crippen LogP contribution in [0.25, 0.3) is 0 Å². The molecule has 1 fully saturated rings. The van der Waals surface area contributed by atoms with Crippen molar-refractivity contribution in [3.63, 3.8) is 0 Å². The van der Waals surface area contributed by atoms with E-state index in [1.165, 1.54) is 0 Å². The number of amides is 1. The fraction of sp³-hybridized carbons (Fsp3) is 0.462. The Labute approximate surface area is 115 Å². The summed E-state index contributed by atoms with van der Waals surface area (Å²) in [5, 5.41) is 8.92. The Morgan fingerprint density at radius 3 is 3.00 bits per heavy atom. The number of nitrogens with zero attached hydrogens (tertiary/aromatic N) is 1. The second-order valence-corrected chi connectivity index (χ2v) is 5.15. The minimum absolute atomic E-state index is 0.0381. The van der Waals surface area contributed by atoms with Gasteiger partial charge in [-0.3, -0.25) is 4.79 Å². The van der Waals surface area contributed by atoms with Crippen LogP contribution in [0.4, 0.5) is 5.69 Å². The number of benzene rings is 1. The van der Waals surface area contributed by atoms with Crippen LogP contribution in [0.1, 0.15) is 12.0 Å². The highest BCUT2D eigenvalue weighted by Gasteiger charge is 2.30. The number of hydrogen-bond acceptors (Lipinski definition) is 3. The number of morpholine rings is 1. The van der Waals surface area contributed by atoms with Crippen LogP contribution in [-0.2, 0) is 9.53 Å². The van der Waals surface area contributed by atoms with Crippen molar-refractivity contribution in [3.8, 4) is 0 Å². The van der Waals surface area contributed by atoms with E-state index in [9.17, 15) is 4.79 Å². The largest absolute Gasteiger partial charge is 0.396 e. The third-order valence-corrected chi connectivity index (χ3v) is 3.91. The first kappa shape index (κ1) is 13.5. The summed E-state index contributed by atoms with van der Waals surface area (Å²) in [6.07, 6.45) is -0.169. The minimum Gasteiger partial charge on any atom is -0.396 e. The molecule has 1 aliphatic rings. The first-order valence-corrected chi connectivity index (χ1v) is 6.73. The molecule has 5 heteroatoms. The van der Waals surface area contributed by atoms with Gasteiger partial charge in [-0.05, 0) is 30.7 Å². The number of halogens is 1. The monoisotopic (exact) mass is 313 g/mol. The number of aliphatic hydroxyl groups is 1. The topological polar surface area (TPSA) is 49.8 Å². The van der Waals surface area contributed by atoms with Gasteiger partial charge in [0, 0.05) is 29.7 Å². The van der Waals surface area contributed by atoms with Gasteiger partial charge in [-0.2, -0.15) is 0 Å². The molecule has 98 valence electrons. The lowest BCUT2D eigenvalue weighted by Crippen LogP contribution is -2.48. The second-order valence-electron chi connectivity index (χ2n) is 4.30. The van der Waals surface area contributed by atoms with Crippen molar-refractivity contribution in [2.75, 3.05) is 24.7 Å². The molecule has 0 radical (unpaired) electrons. The molecule has 1 aromatic rings. The Morgan fingerprint density at radius 2 is 2.33 bits per heavy atom. The summed E-state index contributed by atoms with van der Waals surface area (Å²) in [5.41, 5.74) is 1.97. The van der Waals surface area contributed by atoms with Crippen LogP contribution in [0.5, 0.6) is 0 Å². The van der Waals surface area contributed by atoms with Gasteiger partial charge in [-0.1, -0.05) is 15.9 Å². The summed E-state index contributed by atoms with van der Waals surface area (Å²) in [6.45, 7) is 3.01. The van der Waals surface area contributed by atoms with Crippen molar-refractivity contribution in [2.45, 2.75) is 19.4 Å². The third-order valence-electron chi connectivity index (χ3n) is 3.02. The molecule has 1 atom stereocenters. The maximum Gasteiger partial charge on any atom is 0.256 e. The van der Waals surface area contributed by atoms with E-state index in [-0.39, 0.29) is 12.5 Å². The highest BCUT2D eigenvalue weighted by Crippen LogP contribution is 2.25. The van der Waals surface area contributed by atoms with Crippen LogP contribution in [0, 0.1) is 6.92 Å². The van der Waals surface area contributed by atoms with Crippen molar-refractivity contribution in [2.24, 2.45) is 0 Å². The lowest BCUT2D eigenvalue weighted by Gasteiger charge is -2.32. The lowest BCUT2D eigenvalue weighted by atomic mass is 10.1. The molecule has 18 heavy (non-hydrogen) atoms. The Balaban J connectivity index is 2.21. The average Bonchev–Trinajstić information content (AvgIpc) is 2.36. The number of carbonyl (C=O) groups excluding carboxylic acids is 1. The van der Waals surface area contributed by atoms with E-state index in [2.05, 4.69) is 15.9 Å². The predicted octanol–water partition coefficient (Wildman–Crippen LogP) is 1.87. The zero-order valence-electron chi connectivity index (χ0n) is 10.2. The van der Waals surface area contributed by atoms with Crippen LogP contribution in [-0.4, -0.2) is 36.9 Å². The summed E-state index contributed by atoms with van der Waals surface area (Å²) in [4.78, 5) is 13.9. The van der Waals surface area contributed by atoms with Gasteiger partial charge < -0.3 is 14.7 Å². The Kier molecular flexibility index (Phi) is 4.37. The third kappa shape index (κ3) is 2.74. The fourth-order valence-corrected chi connectivity index (χ4v) is 2.27. The van der Waals surface area contributed by atoms with E-state index in [4.69, 9.17) is 9.84 Å². The molecule has 2 rings (SSSR count). The number of hydrogen-bond donors (Lipinski definition) is 1. The number of aliphatic hydroxyl groups excluding tert-OH is 1. The molecule has 1 aromatic carbocycles. The van der Waals surface area contributed by atoms with Crippen molar-refractivity contribution in [1.82, 2.24) is 0 Å². The molecule has 0 spiro atoms. The van der Waals surface area contributed by atoms with Gasteiger partial charge in [0.2, 0.25) is 0 Å². The molecule has 1 unspecified atom stereocenters. The van der Waals surface area contributed by atoms with Gasteiger partial charge in [0.05, 0.1) is 6.61 Å². The van der Waals surface area contributed by atoms with Crippen LogP contribution in [0.2, 0.25) is 0 Å². The van der Waals surface area contributed by atoms with Crippen LogP contribution >= 0.6 is 15.9 Å². The summed E-state index contributed by atoms with van der Waals surface area (Å²) in [5.74, 6) is -0.0722. The predicted molar refractivity (Wildman–Crippen MR) is 72.7 cm³/mol. The van der Waals surface area contributed by atoms with Gasteiger partial charge in [0.1, 0.15) is 6.10 Å². The molecule has 0 bridgehead atoms. The summed E-state index contributed by atoms with van der Waals surface area (Å²) in [7, 11) is 0. The zero-order valence-corrected chi connectivity index (χ0v) is 11.8. The van der Waals surface area contributed by atoms with E-state index >= 15 is 0 Å². The van der Waals surface area contributed by atoms with Crippen molar-refractivity contribution >= 4 is 27.5 Å². The van der Waals surface area contributed by atoms with Crippen molar-refractivity contribution in [1.29, 1.82) is 0 Å². The minimum atomic E-state index is -0.521. The molecule has 1 amide bonds. The van der Waals surface area contributed by atoms with Crippen molar-refractivity contribution in [3.05, 3.63) is 28.2 Å². The van der Waals surface area contributed by atoms with Gasteiger partial charge >= 0.3 is 0 Å². The fourth-order valence-electron chi connectivity index (χ4n) is 2.02. The normalized spacial score (nSPS) is 20.3. The van der Waals surface area contributed by atoms with Gasteiger partial charge in [0.25, 0.3) is 5.91 Å². The molecule has 1 N–H and O–H groups in total. The van der Waals surface area contributed by atoms with Gasteiger partial charge in [0.15, 0.2) is 0 Å². The van der Waals surface area contributed by atoms with Crippen LogP contribution < -0.4 is 4.90 Å². The quantitative estimate of drug-likeness (QED) is 0.927. The van der Waals surface area contributed by atoms with E-state index in [1.54, 1.807) is 4.90 Å². The molecule has 0 aliphatic carbocycles. The Hall–Kier alpha value is -0.910. The highest BCUT2D eigenvalue weighted by atomic mass is 79.9. The molecular formula is C13H16BrNO3. The maximum atomic E-state index is 12.2. The molecule has 1 saturated heterocycles. The Bertz CT molecular complexity index is 448. The van der Waals surface area contributed by atoms with Gasteiger partial charge in [-0.15, -0.1) is 0 Å². The van der Waals surface area contributed by atoms with Gasteiger partial charge in [-0.25, -0.2) is 0 Å². The number of ether oxygens (including phenoxy) is 1. The van der Waals surface area contributed by atoms with E-state index in [0.29, 0.717) is 19.6 Å². The first-order chi connectivity index (χ1) is 8.63. The summed E-state index contributed by atoms with van der Waals surface area (Å²) < 4.78 is 6.40. The number of carbonyl (C=O) groups is 1. The summed E-state index contributed by atoms with van der Waals surface area (Å²) >= 11 is 3.44. The van der Waals surface area contributed by atoms with Crippen molar-refractivity contribution < 1.29 is 14.6 Å². The zero-order chi connectivity index (χ0) is 13.1. The molecule has 1 aliphatic heterocycles.